The standard InChI is InChI=1S/C17H25NO/c1-11(2)9-14-5-7-15(8-6-14)13(4)18-17(19)16-10-12(16)3/h5-8,11-13,16H,9-10H2,1-4H3,(H,18,19)/t12-,13+,16+/m1/s1. The Hall–Kier alpha value is -1.31. The number of carbonyl (C=O) groups is 1. The molecule has 104 valence electrons. The first kappa shape index (κ1) is 14.1. The molecule has 0 aliphatic heterocycles. The molecule has 1 fully saturated rings. The van der Waals surface area contributed by atoms with Gasteiger partial charge in [-0.05, 0) is 42.7 Å². The maximum absolute atomic E-state index is 11.9. The van der Waals surface area contributed by atoms with Crippen molar-refractivity contribution in [2.75, 3.05) is 0 Å². The van der Waals surface area contributed by atoms with Gasteiger partial charge in [0.1, 0.15) is 0 Å². The molecule has 0 bridgehead atoms. The molecule has 1 amide bonds. The lowest BCUT2D eigenvalue weighted by atomic mass is 10.00. The first-order chi connectivity index (χ1) is 8.97. The number of hydrogen-bond donors (Lipinski definition) is 1. The molecule has 2 heteroatoms. The number of hydrogen-bond acceptors (Lipinski definition) is 1. The van der Waals surface area contributed by atoms with Crippen molar-refractivity contribution < 1.29 is 4.79 Å². The molecule has 19 heavy (non-hydrogen) atoms. The summed E-state index contributed by atoms with van der Waals surface area (Å²) in [6, 6.07) is 8.74. The number of carbonyl (C=O) groups excluding carboxylic acids is 1. The summed E-state index contributed by atoms with van der Waals surface area (Å²) in [4.78, 5) is 11.9. The molecular weight excluding hydrogens is 234 g/mol. The molecule has 2 rings (SSSR count). The molecule has 0 heterocycles. The van der Waals surface area contributed by atoms with Gasteiger partial charge in [-0.3, -0.25) is 4.79 Å². The van der Waals surface area contributed by atoms with Crippen LogP contribution in [0.15, 0.2) is 24.3 Å². The summed E-state index contributed by atoms with van der Waals surface area (Å²) in [5, 5.41) is 3.11. The maximum Gasteiger partial charge on any atom is 0.223 e. The van der Waals surface area contributed by atoms with Gasteiger partial charge in [0.05, 0.1) is 6.04 Å². The monoisotopic (exact) mass is 259 g/mol. The highest BCUT2D eigenvalue weighted by atomic mass is 16.2. The molecule has 0 spiro atoms. The molecule has 0 saturated heterocycles. The Bertz CT molecular complexity index is 435. The van der Waals surface area contributed by atoms with E-state index in [1.54, 1.807) is 0 Å². The molecule has 3 atom stereocenters. The molecular formula is C17H25NO. The van der Waals surface area contributed by atoms with Crippen molar-refractivity contribution in [3.8, 4) is 0 Å². The highest BCUT2D eigenvalue weighted by Gasteiger charge is 2.39. The van der Waals surface area contributed by atoms with Crippen LogP contribution in [-0.4, -0.2) is 5.91 Å². The Kier molecular flexibility index (Phi) is 4.28. The van der Waals surface area contributed by atoms with E-state index in [0.29, 0.717) is 11.8 Å². The Morgan fingerprint density at radius 1 is 1.26 bits per heavy atom. The number of amides is 1. The van der Waals surface area contributed by atoms with Crippen LogP contribution in [0.2, 0.25) is 0 Å². The van der Waals surface area contributed by atoms with E-state index in [4.69, 9.17) is 0 Å². The van der Waals surface area contributed by atoms with Crippen molar-refractivity contribution >= 4 is 5.91 Å². The molecule has 1 aliphatic rings. The van der Waals surface area contributed by atoms with E-state index >= 15 is 0 Å². The average Bonchev–Trinajstić information content (AvgIpc) is 3.06. The van der Waals surface area contributed by atoms with E-state index in [9.17, 15) is 4.79 Å². The van der Waals surface area contributed by atoms with Crippen molar-refractivity contribution in [3.63, 3.8) is 0 Å². The minimum atomic E-state index is 0.105. The quantitative estimate of drug-likeness (QED) is 0.858. The van der Waals surface area contributed by atoms with Crippen LogP contribution in [0.4, 0.5) is 0 Å². The number of rotatable bonds is 5. The second-order valence-electron chi connectivity index (χ2n) is 6.39. The fourth-order valence-electron chi connectivity index (χ4n) is 2.50. The Labute approximate surface area is 116 Å². The Balaban J connectivity index is 1.91. The summed E-state index contributed by atoms with van der Waals surface area (Å²) in [7, 11) is 0. The molecule has 0 radical (unpaired) electrons. The molecule has 1 N–H and O–H groups in total. The largest absolute Gasteiger partial charge is 0.349 e. The average molecular weight is 259 g/mol. The Morgan fingerprint density at radius 3 is 2.32 bits per heavy atom. The van der Waals surface area contributed by atoms with Gasteiger partial charge in [0.2, 0.25) is 5.91 Å². The highest BCUT2D eigenvalue weighted by molar-refractivity contribution is 5.81. The third kappa shape index (κ3) is 3.82. The normalized spacial score (nSPS) is 23.2. The van der Waals surface area contributed by atoms with Crippen molar-refractivity contribution in [1.29, 1.82) is 0 Å². The molecule has 0 aromatic heterocycles. The SMILES string of the molecule is CC(C)Cc1ccc([C@H](C)NC(=O)[C@H]2C[C@H]2C)cc1. The predicted octanol–water partition coefficient (Wildman–Crippen LogP) is 3.72. The van der Waals surface area contributed by atoms with Gasteiger partial charge in [-0.1, -0.05) is 45.0 Å². The number of benzene rings is 1. The third-order valence-electron chi connectivity index (χ3n) is 3.93. The van der Waals surface area contributed by atoms with E-state index in [1.165, 1.54) is 11.1 Å². The van der Waals surface area contributed by atoms with E-state index in [-0.39, 0.29) is 17.9 Å². The molecule has 1 aliphatic carbocycles. The summed E-state index contributed by atoms with van der Waals surface area (Å²) in [5.74, 6) is 1.72. The lowest BCUT2D eigenvalue weighted by Gasteiger charge is -2.15. The van der Waals surface area contributed by atoms with Crippen LogP contribution < -0.4 is 5.32 Å². The topological polar surface area (TPSA) is 29.1 Å². The van der Waals surface area contributed by atoms with Crippen LogP contribution in [0.5, 0.6) is 0 Å². The third-order valence-corrected chi connectivity index (χ3v) is 3.93. The van der Waals surface area contributed by atoms with Gasteiger partial charge in [0.15, 0.2) is 0 Å². The van der Waals surface area contributed by atoms with Crippen molar-refractivity contribution in [2.45, 2.75) is 46.6 Å². The van der Waals surface area contributed by atoms with E-state index in [2.05, 4.69) is 57.3 Å². The zero-order valence-corrected chi connectivity index (χ0v) is 12.4. The zero-order chi connectivity index (χ0) is 14.0. The molecule has 1 aromatic carbocycles. The zero-order valence-electron chi connectivity index (χ0n) is 12.4. The smallest absolute Gasteiger partial charge is 0.223 e. The molecule has 2 nitrogen and oxygen atoms in total. The van der Waals surface area contributed by atoms with Crippen molar-refractivity contribution in [3.05, 3.63) is 35.4 Å². The van der Waals surface area contributed by atoms with Gasteiger partial charge < -0.3 is 5.32 Å². The summed E-state index contributed by atoms with van der Waals surface area (Å²) in [6.07, 6.45) is 2.16. The summed E-state index contributed by atoms with van der Waals surface area (Å²) in [6.45, 7) is 8.65. The van der Waals surface area contributed by atoms with Gasteiger partial charge in [0.25, 0.3) is 0 Å². The first-order valence-electron chi connectivity index (χ1n) is 7.36. The molecule has 0 unspecified atom stereocenters. The summed E-state index contributed by atoms with van der Waals surface area (Å²) < 4.78 is 0. The van der Waals surface area contributed by atoms with Crippen LogP contribution in [0.3, 0.4) is 0 Å². The van der Waals surface area contributed by atoms with Crippen molar-refractivity contribution in [1.82, 2.24) is 5.32 Å². The Morgan fingerprint density at radius 2 is 1.84 bits per heavy atom. The highest BCUT2D eigenvalue weighted by Crippen LogP contribution is 2.38. The fraction of sp³-hybridized carbons (Fsp3) is 0.588. The van der Waals surface area contributed by atoms with Gasteiger partial charge in [-0.25, -0.2) is 0 Å². The predicted molar refractivity (Wildman–Crippen MR) is 78.8 cm³/mol. The lowest BCUT2D eigenvalue weighted by molar-refractivity contribution is -0.123. The minimum absolute atomic E-state index is 0.105. The molecule has 1 aromatic rings. The van der Waals surface area contributed by atoms with Crippen LogP contribution in [-0.2, 0) is 11.2 Å². The van der Waals surface area contributed by atoms with Crippen LogP contribution in [0.1, 0.15) is 51.3 Å². The van der Waals surface area contributed by atoms with Crippen LogP contribution in [0.25, 0.3) is 0 Å². The van der Waals surface area contributed by atoms with Gasteiger partial charge >= 0.3 is 0 Å². The van der Waals surface area contributed by atoms with Gasteiger partial charge in [-0.15, -0.1) is 0 Å². The van der Waals surface area contributed by atoms with Crippen LogP contribution >= 0.6 is 0 Å². The maximum atomic E-state index is 11.9. The second kappa shape index (κ2) is 5.77. The van der Waals surface area contributed by atoms with Gasteiger partial charge in [-0.2, -0.15) is 0 Å². The summed E-state index contributed by atoms with van der Waals surface area (Å²) in [5.41, 5.74) is 2.56. The lowest BCUT2D eigenvalue weighted by Crippen LogP contribution is -2.28. The van der Waals surface area contributed by atoms with E-state index in [1.807, 2.05) is 0 Å². The first-order valence-corrected chi connectivity index (χ1v) is 7.36. The summed E-state index contributed by atoms with van der Waals surface area (Å²) >= 11 is 0. The number of nitrogens with one attached hydrogen (secondary N) is 1. The minimum Gasteiger partial charge on any atom is -0.349 e. The van der Waals surface area contributed by atoms with Crippen LogP contribution in [0, 0.1) is 17.8 Å². The second-order valence-corrected chi connectivity index (χ2v) is 6.39. The molecule has 1 saturated carbocycles. The van der Waals surface area contributed by atoms with Gasteiger partial charge in [0, 0.05) is 5.92 Å². The fourth-order valence-corrected chi connectivity index (χ4v) is 2.50. The van der Waals surface area contributed by atoms with E-state index in [0.717, 1.165) is 12.8 Å². The van der Waals surface area contributed by atoms with E-state index < -0.39 is 0 Å². The van der Waals surface area contributed by atoms with Crippen molar-refractivity contribution in [2.24, 2.45) is 17.8 Å².